The molecule has 0 spiro atoms. The number of aryl methyl sites for hydroxylation is 1. The molecule has 3 aromatic heterocycles. The SMILES string of the molecule is Cc1cc(-n2ccnc2)cc2[nH]c(-c3c(NCC(O)c4ccc(NC(=O)C(C)(C)C)c(CI)c4)cc[nH]c3=O)nc12. The molecule has 0 saturated heterocycles. The summed E-state index contributed by atoms with van der Waals surface area (Å²) < 4.78 is 2.57. The normalized spacial score (nSPS) is 12.4. The minimum absolute atomic E-state index is 0.0703. The molecule has 3 heterocycles. The molecule has 5 rings (SSSR count). The van der Waals surface area contributed by atoms with Gasteiger partial charge in [0.1, 0.15) is 11.4 Å². The van der Waals surface area contributed by atoms with Gasteiger partial charge < -0.3 is 30.3 Å². The first-order chi connectivity index (χ1) is 19.5. The fourth-order valence-electron chi connectivity index (χ4n) is 4.50. The molecule has 0 saturated carbocycles. The number of benzene rings is 2. The summed E-state index contributed by atoms with van der Waals surface area (Å²) >= 11 is 2.24. The lowest BCUT2D eigenvalue weighted by Gasteiger charge is -2.20. The molecule has 0 aliphatic rings. The molecule has 212 valence electrons. The number of H-pyrrole nitrogens is 2. The number of halogens is 1. The number of nitrogens with zero attached hydrogens (tertiary/aromatic N) is 3. The lowest BCUT2D eigenvalue weighted by atomic mass is 9.95. The van der Waals surface area contributed by atoms with E-state index in [1.54, 1.807) is 30.9 Å². The molecule has 11 heteroatoms. The van der Waals surface area contributed by atoms with Crippen LogP contribution >= 0.6 is 22.6 Å². The number of carbonyl (C=O) groups is 1. The number of aliphatic hydroxyl groups excluding tert-OH is 1. The number of aliphatic hydroxyl groups is 1. The van der Waals surface area contributed by atoms with E-state index < -0.39 is 11.5 Å². The Morgan fingerprint density at radius 2 is 1.98 bits per heavy atom. The van der Waals surface area contributed by atoms with Crippen LogP contribution in [0.25, 0.3) is 28.1 Å². The van der Waals surface area contributed by atoms with Gasteiger partial charge in [-0.2, -0.15) is 0 Å². The van der Waals surface area contributed by atoms with E-state index in [1.165, 1.54) is 0 Å². The van der Waals surface area contributed by atoms with Gasteiger partial charge in [-0.05, 0) is 47.9 Å². The molecule has 0 aliphatic heterocycles. The molecule has 0 aliphatic carbocycles. The van der Waals surface area contributed by atoms with Crippen LogP contribution < -0.4 is 16.2 Å². The number of amides is 1. The number of fused-ring (bicyclic) bond motifs is 1. The van der Waals surface area contributed by atoms with Crippen LogP contribution in [0.1, 0.15) is 43.6 Å². The minimum Gasteiger partial charge on any atom is -0.387 e. The topological polar surface area (TPSA) is 141 Å². The van der Waals surface area contributed by atoms with Crippen molar-refractivity contribution in [3.8, 4) is 17.1 Å². The predicted molar refractivity (Wildman–Crippen MR) is 170 cm³/mol. The maximum absolute atomic E-state index is 13.0. The van der Waals surface area contributed by atoms with Gasteiger partial charge in [0.2, 0.25) is 5.91 Å². The number of alkyl halides is 1. The van der Waals surface area contributed by atoms with Gasteiger partial charge in [-0.15, -0.1) is 0 Å². The number of hydrogen-bond acceptors (Lipinski definition) is 6. The van der Waals surface area contributed by atoms with Crippen molar-refractivity contribution in [3.63, 3.8) is 0 Å². The Bertz CT molecular complexity index is 1770. The van der Waals surface area contributed by atoms with Crippen LogP contribution in [0.15, 0.2) is 66.1 Å². The Morgan fingerprint density at radius 1 is 1.17 bits per heavy atom. The number of aromatic nitrogens is 5. The first-order valence-corrected chi connectivity index (χ1v) is 14.7. The molecule has 0 fully saturated rings. The van der Waals surface area contributed by atoms with Gasteiger partial charge in [0.15, 0.2) is 0 Å². The molecule has 0 radical (unpaired) electrons. The third-order valence-corrected chi connectivity index (χ3v) is 7.66. The number of anilines is 2. The molecule has 1 unspecified atom stereocenters. The standard InChI is InChI=1S/C30H32IN7O3/c1-17-11-20(38-10-9-32-16-38)13-23-26(17)37-27(35-23)25-22(7-8-33-28(25)40)34-15-24(39)18-5-6-21(19(12-18)14-31)36-29(41)30(2,3)4/h5-13,16,24,39H,14-15H2,1-4H3,(H,35,37)(H,36,41)(H2,33,34,40). The van der Waals surface area contributed by atoms with Crippen LogP contribution in [0.3, 0.4) is 0 Å². The summed E-state index contributed by atoms with van der Waals surface area (Å²) in [6.45, 7) is 7.73. The Hall–Kier alpha value is -3.97. The van der Waals surface area contributed by atoms with E-state index in [2.05, 4.69) is 48.2 Å². The van der Waals surface area contributed by atoms with Gasteiger partial charge in [-0.1, -0.05) is 55.5 Å². The van der Waals surface area contributed by atoms with Crippen molar-refractivity contribution in [1.29, 1.82) is 0 Å². The second kappa shape index (κ2) is 11.5. The van der Waals surface area contributed by atoms with E-state index in [9.17, 15) is 14.7 Å². The second-order valence-corrected chi connectivity index (χ2v) is 11.7. The summed E-state index contributed by atoms with van der Waals surface area (Å²) in [5.74, 6) is 0.356. The number of aromatic amines is 2. The van der Waals surface area contributed by atoms with E-state index in [0.29, 0.717) is 27.1 Å². The minimum atomic E-state index is -0.855. The van der Waals surface area contributed by atoms with Crippen molar-refractivity contribution in [2.75, 3.05) is 17.2 Å². The van der Waals surface area contributed by atoms with Crippen LogP contribution in [0, 0.1) is 12.3 Å². The molecule has 2 aromatic carbocycles. The van der Waals surface area contributed by atoms with E-state index in [4.69, 9.17) is 4.98 Å². The number of rotatable bonds is 8. The average molecular weight is 666 g/mol. The van der Waals surface area contributed by atoms with Gasteiger partial charge in [-0.25, -0.2) is 9.97 Å². The van der Waals surface area contributed by atoms with Gasteiger partial charge in [0, 0.05) is 46.4 Å². The number of hydrogen-bond donors (Lipinski definition) is 5. The molecular weight excluding hydrogens is 633 g/mol. The first kappa shape index (κ1) is 28.6. The highest BCUT2D eigenvalue weighted by Crippen LogP contribution is 2.29. The summed E-state index contributed by atoms with van der Waals surface area (Å²) in [6.07, 6.45) is 6.02. The van der Waals surface area contributed by atoms with Gasteiger partial charge in [0.25, 0.3) is 5.56 Å². The van der Waals surface area contributed by atoms with Gasteiger partial charge in [0.05, 0.1) is 29.2 Å². The predicted octanol–water partition coefficient (Wildman–Crippen LogP) is 5.48. The van der Waals surface area contributed by atoms with Crippen LogP contribution in [-0.4, -0.2) is 42.1 Å². The smallest absolute Gasteiger partial charge is 0.261 e. The zero-order valence-corrected chi connectivity index (χ0v) is 25.4. The maximum Gasteiger partial charge on any atom is 0.261 e. The lowest BCUT2D eigenvalue weighted by Crippen LogP contribution is -2.28. The molecule has 41 heavy (non-hydrogen) atoms. The summed E-state index contributed by atoms with van der Waals surface area (Å²) in [5, 5.41) is 17.3. The highest BCUT2D eigenvalue weighted by molar-refractivity contribution is 14.1. The van der Waals surface area contributed by atoms with Gasteiger partial charge in [-0.3, -0.25) is 9.59 Å². The van der Waals surface area contributed by atoms with E-state index in [-0.39, 0.29) is 18.0 Å². The van der Waals surface area contributed by atoms with Crippen molar-refractivity contribution < 1.29 is 9.90 Å². The van der Waals surface area contributed by atoms with E-state index in [1.807, 2.05) is 62.7 Å². The first-order valence-electron chi connectivity index (χ1n) is 13.2. The maximum atomic E-state index is 13.0. The monoisotopic (exact) mass is 665 g/mol. The van der Waals surface area contributed by atoms with Crippen LogP contribution in [0.5, 0.6) is 0 Å². The summed E-state index contributed by atoms with van der Waals surface area (Å²) in [6, 6.07) is 11.3. The third-order valence-electron chi connectivity index (χ3n) is 6.84. The molecule has 0 bridgehead atoms. The quantitative estimate of drug-likeness (QED) is 0.110. The Balaban J connectivity index is 1.39. The van der Waals surface area contributed by atoms with Crippen LogP contribution in [-0.2, 0) is 9.22 Å². The number of pyridine rings is 1. The van der Waals surface area contributed by atoms with Gasteiger partial charge >= 0.3 is 0 Å². The summed E-state index contributed by atoms with van der Waals surface area (Å²) in [4.78, 5) is 40.4. The zero-order valence-electron chi connectivity index (χ0n) is 23.2. The highest BCUT2D eigenvalue weighted by Gasteiger charge is 2.23. The molecule has 10 nitrogen and oxygen atoms in total. The average Bonchev–Trinajstić information content (AvgIpc) is 3.62. The zero-order chi connectivity index (χ0) is 29.3. The largest absolute Gasteiger partial charge is 0.387 e. The number of nitrogens with one attached hydrogen (secondary N) is 4. The lowest BCUT2D eigenvalue weighted by molar-refractivity contribution is -0.123. The Labute approximate surface area is 250 Å². The van der Waals surface area contributed by atoms with Crippen LogP contribution in [0.2, 0.25) is 0 Å². The number of imidazole rings is 2. The second-order valence-electron chi connectivity index (χ2n) is 11.0. The highest BCUT2D eigenvalue weighted by atomic mass is 127. The Morgan fingerprint density at radius 3 is 2.68 bits per heavy atom. The fourth-order valence-corrected chi connectivity index (χ4v) is 5.13. The van der Waals surface area contributed by atoms with Crippen molar-refractivity contribution in [3.05, 3.63) is 88.4 Å². The van der Waals surface area contributed by atoms with Crippen molar-refractivity contribution in [2.45, 2.75) is 38.2 Å². The Kier molecular flexibility index (Phi) is 8.00. The molecular formula is C30H32IN7O3. The van der Waals surface area contributed by atoms with Crippen molar-refractivity contribution in [1.82, 2.24) is 24.5 Å². The van der Waals surface area contributed by atoms with E-state index in [0.717, 1.165) is 33.5 Å². The summed E-state index contributed by atoms with van der Waals surface area (Å²) in [5.41, 5.74) is 5.89. The molecule has 5 N–H and O–H groups in total. The van der Waals surface area contributed by atoms with E-state index >= 15 is 0 Å². The third kappa shape index (κ3) is 6.05. The van der Waals surface area contributed by atoms with Crippen molar-refractivity contribution in [2.24, 2.45) is 5.41 Å². The summed E-state index contributed by atoms with van der Waals surface area (Å²) in [7, 11) is 0. The van der Waals surface area contributed by atoms with Crippen LogP contribution in [0.4, 0.5) is 11.4 Å². The molecule has 1 amide bonds. The fraction of sp³-hybridized carbons (Fsp3) is 0.267. The van der Waals surface area contributed by atoms with Crippen molar-refractivity contribution >= 4 is 50.9 Å². The molecule has 1 atom stereocenters. The number of carbonyl (C=O) groups excluding carboxylic acids is 1. The molecule has 5 aromatic rings.